The van der Waals surface area contributed by atoms with Crippen LogP contribution in [0.4, 0.5) is 10.5 Å². The number of hydrogen-bond acceptors (Lipinski definition) is 5. The minimum Gasteiger partial charge on any atom is -0.444 e. The predicted molar refractivity (Wildman–Crippen MR) is 81.5 cm³/mol. The number of ether oxygens (including phenoxy) is 1. The SMILES string of the molecule is CCCn1ncc(NCCNC(=O)OC(C)(C)C)cc1=O. The molecule has 0 fully saturated rings. The van der Waals surface area contributed by atoms with Gasteiger partial charge in [-0.15, -0.1) is 0 Å². The molecule has 0 saturated heterocycles. The zero-order chi connectivity index (χ0) is 15.9. The van der Waals surface area contributed by atoms with Gasteiger partial charge < -0.3 is 15.4 Å². The summed E-state index contributed by atoms with van der Waals surface area (Å²) in [6.07, 6.45) is 2.00. The fraction of sp³-hybridized carbons (Fsp3) is 0.643. The molecule has 2 N–H and O–H groups in total. The predicted octanol–water partition coefficient (Wildman–Crippen LogP) is 1.59. The number of alkyl carbamates (subject to hydrolysis) is 1. The molecule has 0 atom stereocenters. The minimum atomic E-state index is -0.509. The van der Waals surface area contributed by atoms with Gasteiger partial charge in [0, 0.05) is 25.7 Å². The van der Waals surface area contributed by atoms with Crippen molar-refractivity contribution in [3.8, 4) is 0 Å². The maximum absolute atomic E-state index is 11.7. The Bertz CT molecular complexity index is 520. The Morgan fingerprint density at radius 1 is 1.38 bits per heavy atom. The number of amides is 1. The average Bonchev–Trinajstić information content (AvgIpc) is 2.36. The van der Waals surface area contributed by atoms with Gasteiger partial charge in [0.15, 0.2) is 0 Å². The number of anilines is 1. The average molecular weight is 296 g/mol. The van der Waals surface area contributed by atoms with Crippen LogP contribution in [0.5, 0.6) is 0 Å². The molecule has 0 radical (unpaired) electrons. The van der Waals surface area contributed by atoms with Gasteiger partial charge in [-0.3, -0.25) is 4.79 Å². The molecule has 0 aliphatic heterocycles. The zero-order valence-electron chi connectivity index (χ0n) is 13.1. The lowest BCUT2D eigenvalue weighted by Gasteiger charge is -2.19. The van der Waals surface area contributed by atoms with E-state index in [0.717, 1.165) is 6.42 Å². The van der Waals surface area contributed by atoms with Crippen molar-refractivity contribution < 1.29 is 9.53 Å². The Morgan fingerprint density at radius 2 is 2.10 bits per heavy atom. The smallest absolute Gasteiger partial charge is 0.407 e. The zero-order valence-corrected chi connectivity index (χ0v) is 13.1. The summed E-state index contributed by atoms with van der Waals surface area (Å²) in [4.78, 5) is 23.1. The number of nitrogens with one attached hydrogen (secondary N) is 2. The molecule has 1 heterocycles. The molecule has 118 valence electrons. The molecule has 0 unspecified atom stereocenters. The molecule has 0 aliphatic rings. The molecule has 0 saturated carbocycles. The van der Waals surface area contributed by atoms with Crippen LogP contribution in [-0.2, 0) is 11.3 Å². The van der Waals surface area contributed by atoms with E-state index in [1.807, 2.05) is 27.7 Å². The minimum absolute atomic E-state index is 0.137. The fourth-order valence-corrected chi connectivity index (χ4v) is 1.60. The molecular formula is C14H24N4O3. The third-order valence-electron chi connectivity index (χ3n) is 2.43. The maximum Gasteiger partial charge on any atom is 0.407 e. The number of carbonyl (C=O) groups excluding carboxylic acids is 1. The summed E-state index contributed by atoms with van der Waals surface area (Å²) in [7, 11) is 0. The van der Waals surface area contributed by atoms with E-state index in [9.17, 15) is 9.59 Å². The molecule has 1 aromatic heterocycles. The van der Waals surface area contributed by atoms with Crippen LogP contribution in [0.15, 0.2) is 17.1 Å². The van der Waals surface area contributed by atoms with Crippen LogP contribution >= 0.6 is 0 Å². The first-order chi connectivity index (χ1) is 9.81. The molecule has 21 heavy (non-hydrogen) atoms. The highest BCUT2D eigenvalue weighted by molar-refractivity contribution is 5.67. The highest BCUT2D eigenvalue weighted by Crippen LogP contribution is 2.06. The third-order valence-corrected chi connectivity index (χ3v) is 2.43. The van der Waals surface area contributed by atoms with Crippen molar-refractivity contribution in [1.82, 2.24) is 15.1 Å². The number of aryl methyl sites for hydroxylation is 1. The lowest BCUT2D eigenvalue weighted by molar-refractivity contribution is 0.0530. The molecule has 1 rings (SSSR count). The molecule has 7 heteroatoms. The number of aromatic nitrogens is 2. The normalized spacial score (nSPS) is 11.0. The Kier molecular flexibility index (Phi) is 6.20. The van der Waals surface area contributed by atoms with Gasteiger partial charge in [0.2, 0.25) is 0 Å². The summed E-state index contributed by atoms with van der Waals surface area (Å²) in [6.45, 7) is 8.90. The fourth-order valence-electron chi connectivity index (χ4n) is 1.60. The van der Waals surface area contributed by atoms with E-state index >= 15 is 0 Å². The van der Waals surface area contributed by atoms with Crippen molar-refractivity contribution in [1.29, 1.82) is 0 Å². The summed E-state index contributed by atoms with van der Waals surface area (Å²) < 4.78 is 6.53. The quantitative estimate of drug-likeness (QED) is 0.779. The van der Waals surface area contributed by atoms with E-state index in [4.69, 9.17) is 4.74 Å². The lowest BCUT2D eigenvalue weighted by Crippen LogP contribution is -2.35. The van der Waals surface area contributed by atoms with Crippen molar-refractivity contribution in [3.05, 3.63) is 22.6 Å². The van der Waals surface area contributed by atoms with Gasteiger partial charge >= 0.3 is 6.09 Å². The Labute approximate surface area is 124 Å². The molecule has 0 spiro atoms. The molecule has 7 nitrogen and oxygen atoms in total. The van der Waals surface area contributed by atoms with Gasteiger partial charge in [-0.2, -0.15) is 5.10 Å². The van der Waals surface area contributed by atoms with Gasteiger partial charge in [0.25, 0.3) is 5.56 Å². The van der Waals surface area contributed by atoms with Gasteiger partial charge in [-0.1, -0.05) is 6.92 Å². The van der Waals surface area contributed by atoms with Crippen molar-refractivity contribution in [2.24, 2.45) is 0 Å². The highest BCUT2D eigenvalue weighted by atomic mass is 16.6. The van der Waals surface area contributed by atoms with Crippen LogP contribution < -0.4 is 16.2 Å². The van der Waals surface area contributed by atoms with Crippen LogP contribution in [0.2, 0.25) is 0 Å². The monoisotopic (exact) mass is 296 g/mol. The third kappa shape index (κ3) is 6.78. The molecule has 1 amide bonds. The first kappa shape index (κ1) is 17.0. The Balaban J connectivity index is 2.35. The van der Waals surface area contributed by atoms with Crippen LogP contribution in [0.3, 0.4) is 0 Å². The van der Waals surface area contributed by atoms with E-state index < -0.39 is 11.7 Å². The van der Waals surface area contributed by atoms with E-state index in [1.54, 1.807) is 6.20 Å². The van der Waals surface area contributed by atoms with E-state index in [0.29, 0.717) is 25.3 Å². The van der Waals surface area contributed by atoms with E-state index in [2.05, 4.69) is 15.7 Å². The summed E-state index contributed by atoms with van der Waals surface area (Å²) in [5, 5.41) is 9.72. The standard InChI is InChI=1S/C14H24N4O3/c1-5-8-18-12(19)9-11(10-17-18)15-6-7-16-13(20)21-14(2,3)4/h9-10,15H,5-8H2,1-4H3,(H,16,20). The Hall–Kier alpha value is -2.05. The molecule has 0 aliphatic carbocycles. The summed E-state index contributed by atoms with van der Waals surface area (Å²) in [5.41, 5.74) is -0.00844. The maximum atomic E-state index is 11.7. The second-order valence-electron chi connectivity index (χ2n) is 5.66. The van der Waals surface area contributed by atoms with Gasteiger partial charge in [-0.05, 0) is 27.2 Å². The van der Waals surface area contributed by atoms with Crippen LogP contribution in [0, 0.1) is 0 Å². The first-order valence-electron chi connectivity index (χ1n) is 7.09. The first-order valence-corrected chi connectivity index (χ1v) is 7.09. The molecule has 0 aromatic carbocycles. The number of nitrogens with zero attached hydrogens (tertiary/aromatic N) is 2. The van der Waals surface area contributed by atoms with E-state index in [-0.39, 0.29) is 5.56 Å². The van der Waals surface area contributed by atoms with Crippen molar-refractivity contribution in [2.45, 2.75) is 46.3 Å². The highest BCUT2D eigenvalue weighted by Gasteiger charge is 2.15. The van der Waals surface area contributed by atoms with Crippen LogP contribution in [0.1, 0.15) is 34.1 Å². The molecule has 0 bridgehead atoms. The van der Waals surface area contributed by atoms with Crippen LogP contribution in [-0.4, -0.2) is 34.6 Å². The van der Waals surface area contributed by atoms with Crippen molar-refractivity contribution >= 4 is 11.8 Å². The summed E-state index contributed by atoms with van der Waals surface area (Å²) >= 11 is 0. The number of rotatable bonds is 6. The molecule has 1 aromatic rings. The summed E-state index contributed by atoms with van der Waals surface area (Å²) in [5.74, 6) is 0. The lowest BCUT2D eigenvalue weighted by atomic mass is 10.2. The van der Waals surface area contributed by atoms with Gasteiger partial charge in [0.1, 0.15) is 5.60 Å². The second kappa shape index (κ2) is 7.66. The Morgan fingerprint density at radius 3 is 2.67 bits per heavy atom. The van der Waals surface area contributed by atoms with Crippen LogP contribution in [0.25, 0.3) is 0 Å². The molecular weight excluding hydrogens is 272 g/mol. The van der Waals surface area contributed by atoms with Gasteiger partial charge in [0.05, 0.1) is 11.9 Å². The van der Waals surface area contributed by atoms with E-state index in [1.165, 1.54) is 10.7 Å². The topological polar surface area (TPSA) is 85.2 Å². The number of carbonyl (C=O) groups is 1. The van der Waals surface area contributed by atoms with Gasteiger partial charge in [-0.25, -0.2) is 9.48 Å². The summed E-state index contributed by atoms with van der Waals surface area (Å²) in [6, 6.07) is 1.50. The van der Waals surface area contributed by atoms with Crippen molar-refractivity contribution in [3.63, 3.8) is 0 Å². The van der Waals surface area contributed by atoms with Crippen molar-refractivity contribution in [2.75, 3.05) is 18.4 Å². The number of hydrogen-bond donors (Lipinski definition) is 2. The largest absolute Gasteiger partial charge is 0.444 e. The second-order valence-corrected chi connectivity index (χ2v) is 5.66.